The summed E-state index contributed by atoms with van der Waals surface area (Å²) >= 11 is 9.34. The highest BCUT2D eigenvalue weighted by molar-refractivity contribution is 9.10. The molecular weight excluding hydrogens is 360 g/mol. The van der Waals surface area contributed by atoms with Gasteiger partial charge in [0.1, 0.15) is 12.3 Å². The van der Waals surface area contributed by atoms with Crippen molar-refractivity contribution < 1.29 is 9.26 Å². The smallest absolute Gasteiger partial charge is 0.248 e. The highest BCUT2D eigenvalue weighted by atomic mass is 79.9. The molecule has 0 unspecified atom stereocenters. The van der Waals surface area contributed by atoms with Crippen LogP contribution < -0.4 is 4.74 Å². The van der Waals surface area contributed by atoms with Crippen LogP contribution in [0.2, 0.25) is 5.02 Å². The number of halogens is 2. The Morgan fingerprint density at radius 3 is 3.00 bits per heavy atom. The lowest BCUT2D eigenvalue weighted by molar-refractivity contribution is 0.365. The number of rotatable bonds is 4. The van der Waals surface area contributed by atoms with Crippen molar-refractivity contribution in [3.63, 3.8) is 0 Å². The van der Waals surface area contributed by atoms with Gasteiger partial charge in [-0.05, 0) is 34.1 Å². The van der Waals surface area contributed by atoms with Gasteiger partial charge < -0.3 is 9.26 Å². The summed E-state index contributed by atoms with van der Waals surface area (Å²) in [6.07, 6.45) is 3.51. The Balaban J connectivity index is 1.89. The number of aromatic nitrogens is 4. The second-order valence-electron chi connectivity index (χ2n) is 4.21. The molecule has 0 saturated carbocycles. The second-order valence-corrected chi connectivity index (χ2v) is 5.56. The first-order chi connectivity index (χ1) is 10.2. The van der Waals surface area contributed by atoms with Gasteiger partial charge >= 0.3 is 0 Å². The van der Waals surface area contributed by atoms with Crippen LogP contribution in [0.1, 0.15) is 5.89 Å². The maximum Gasteiger partial charge on any atom is 0.248 e. The van der Waals surface area contributed by atoms with Crippen LogP contribution in [0.5, 0.6) is 5.75 Å². The summed E-state index contributed by atoms with van der Waals surface area (Å²) in [7, 11) is 1.58. The van der Waals surface area contributed by atoms with E-state index >= 15 is 0 Å². The van der Waals surface area contributed by atoms with E-state index < -0.39 is 0 Å². The molecule has 0 bridgehead atoms. The minimum Gasteiger partial charge on any atom is -0.496 e. The molecule has 0 amide bonds. The van der Waals surface area contributed by atoms with Gasteiger partial charge in [-0.15, -0.1) is 0 Å². The molecule has 0 aliphatic heterocycles. The monoisotopic (exact) mass is 368 g/mol. The van der Waals surface area contributed by atoms with Gasteiger partial charge in [-0.2, -0.15) is 10.1 Å². The van der Waals surface area contributed by atoms with Gasteiger partial charge in [0.15, 0.2) is 0 Å². The van der Waals surface area contributed by atoms with Crippen molar-refractivity contribution in [2.45, 2.75) is 6.54 Å². The van der Waals surface area contributed by atoms with E-state index in [9.17, 15) is 0 Å². The third-order valence-electron chi connectivity index (χ3n) is 2.77. The number of methoxy groups -OCH3 is 1. The normalized spacial score (nSPS) is 10.8. The molecule has 21 heavy (non-hydrogen) atoms. The summed E-state index contributed by atoms with van der Waals surface area (Å²) in [5.74, 6) is 1.51. The molecule has 2 aromatic heterocycles. The third-order valence-corrected chi connectivity index (χ3v) is 3.41. The van der Waals surface area contributed by atoms with Gasteiger partial charge in [0.2, 0.25) is 11.7 Å². The molecule has 0 saturated heterocycles. The maximum atomic E-state index is 6.00. The first-order valence-electron chi connectivity index (χ1n) is 6.00. The summed E-state index contributed by atoms with van der Waals surface area (Å²) < 4.78 is 13.1. The van der Waals surface area contributed by atoms with E-state index in [0.29, 0.717) is 34.6 Å². The Bertz CT molecular complexity index is 771. The molecule has 0 atom stereocenters. The summed E-state index contributed by atoms with van der Waals surface area (Å²) in [5.41, 5.74) is 0.682. The predicted molar refractivity (Wildman–Crippen MR) is 80.3 cm³/mol. The second kappa shape index (κ2) is 5.87. The first-order valence-corrected chi connectivity index (χ1v) is 7.17. The van der Waals surface area contributed by atoms with Gasteiger partial charge in [-0.25, -0.2) is 0 Å². The van der Waals surface area contributed by atoms with E-state index in [1.54, 1.807) is 36.2 Å². The fraction of sp³-hybridized carbons (Fsp3) is 0.154. The van der Waals surface area contributed by atoms with Gasteiger partial charge in [-0.1, -0.05) is 16.8 Å². The minimum atomic E-state index is 0.390. The minimum absolute atomic E-state index is 0.390. The molecule has 0 N–H and O–H groups in total. The zero-order chi connectivity index (χ0) is 14.8. The molecule has 1 aromatic carbocycles. The average molecular weight is 370 g/mol. The molecule has 108 valence electrons. The van der Waals surface area contributed by atoms with Crippen molar-refractivity contribution in [1.82, 2.24) is 19.9 Å². The molecule has 8 heteroatoms. The lowest BCUT2D eigenvalue weighted by atomic mass is 10.2. The van der Waals surface area contributed by atoms with Gasteiger partial charge in [0.25, 0.3) is 0 Å². The number of hydrogen-bond acceptors (Lipinski definition) is 5. The van der Waals surface area contributed by atoms with E-state index in [-0.39, 0.29) is 0 Å². The fourth-order valence-electron chi connectivity index (χ4n) is 1.85. The molecule has 2 heterocycles. The molecule has 0 aliphatic carbocycles. The van der Waals surface area contributed by atoms with Crippen LogP contribution in [-0.4, -0.2) is 27.0 Å². The summed E-state index contributed by atoms with van der Waals surface area (Å²) in [6.45, 7) is 0.390. The molecule has 0 fully saturated rings. The van der Waals surface area contributed by atoms with Crippen molar-refractivity contribution in [2.75, 3.05) is 7.11 Å². The molecule has 3 aromatic rings. The number of benzene rings is 1. The Morgan fingerprint density at radius 1 is 1.43 bits per heavy atom. The van der Waals surface area contributed by atoms with Crippen molar-refractivity contribution in [3.8, 4) is 17.1 Å². The molecule has 0 radical (unpaired) electrons. The van der Waals surface area contributed by atoms with E-state index in [1.165, 1.54) is 0 Å². The predicted octanol–water partition coefficient (Wildman–Crippen LogP) is 3.41. The third kappa shape index (κ3) is 3.08. The lowest BCUT2D eigenvalue weighted by Gasteiger charge is -2.04. The average Bonchev–Trinajstić information content (AvgIpc) is 3.08. The quantitative estimate of drug-likeness (QED) is 0.705. The highest BCUT2D eigenvalue weighted by Crippen LogP contribution is 2.30. The van der Waals surface area contributed by atoms with Crippen LogP contribution in [0.3, 0.4) is 0 Å². The van der Waals surface area contributed by atoms with E-state index in [4.69, 9.17) is 20.9 Å². The largest absolute Gasteiger partial charge is 0.496 e. The van der Waals surface area contributed by atoms with Gasteiger partial charge in [0.05, 0.1) is 23.3 Å². The van der Waals surface area contributed by atoms with Crippen LogP contribution in [0.15, 0.2) is 39.6 Å². The first kappa shape index (κ1) is 14.1. The van der Waals surface area contributed by atoms with Crippen LogP contribution >= 0.6 is 27.5 Å². The Morgan fingerprint density at radius 2 is 2.29 bits per heavy atom. The zero-order valence-corrected chi connectivity index (χ0v) is 13.3. The molecular formula is C13H10BrClN4O2. The number of ether oxygens (including phenoxy) is 1. The van der Waals surface area contributed by atoms with Crippen LogP contribution in [0, 0.1) is 0 Å². The van der Waals surface area contributed by atoms with Crippen LogP contribution in [0.25, 0.3) is 11.4 Å². The van der Waals surface area contributed by atoms with Crippen molar-refractivity contribution >= 4 is 27.5 Å². The molecule has 6 nitrogen and oxygen atoms in total. The van der Waals surface area contributed by atoms with E-state index in [2.05, 4.69) is 31.2 Å². The van der Waals surface area contributed by atoms with Gasteiger partial charge in [0, 0.05) is 11.2 Å². The highest BCUT2D eigenvalue weighted by Gasteiger charge is 2.14. The topological polar surface area (TPSA) is 66.0 Å². The molecule has 3 rings (SSSR count). The Kier molecular flexibility index (Phi) is 3.94. The van der Waals surface area contributed by atoms with Gasteiger partial charge in [-0.3, -0.25) is 4.68 Å². The fourth-order valence-corrected chi connectivity index (χ4v) is 2.35. The number of hydrogen-bond donors (Lipinski definition) is 0. The standard InChI is InChI=1S/C13H10BrClN4O2/c1-20-11-3-2-9(15)4-10(11)13-17-12(21-18-13)7-19-6-8(14)5-16-19/h2-6H,7H2,1H3. The van der Waals surface area contributed by atoms with Crippen LogP contribution in [-0.2, 0) is 6.54 Å². The lowest BCUT2D eigenvalue weighted by Crippen LogP contribution is -2.00. The zero-order valence-electron chi connectivity index (χ0n) is 11.0. The number of nitrogens with zero attached hydrogens (tertiary/aromatic N) is 4. The van der Waals surface area contributed by atoms with E-state index in [1.807, 2.05) is 6.20 Å². The Labute approximate surface area is 133 Å². The van der Waals surface area contributed by atoms with E-state index in [0.717, 1.165) is 4.47 Å². The summed E-state index contributed by atoms with van der Waals surface area (Å²) in [5, 5.41) is 8.68. The van der Waals surface area contributed by atoms with Crippen LogP contribution in [0.4, 0.5) is 0 Å². The Hall–Kier alpha value is -1.86. The van der Waals surface area contributed by atoms with Crippen molar-refractivity contribution in [1.29, 1.82) is 0 Å². The summed E-state index contributed by atoms with van der Waals surface area (Å²) in [6, 6.07) is 5.24. The molecule has 0 aliphatic rings. The summed E-state index contributed by atoms with van der Waals surface area (Å²) in [4.78, 5) is 4.34. The van der Waals surface area contributed by atoms with Crippen molar-refractivity contribution in [2.24, 2.45) is 0 Å². The van der Waals surface area contributed by atoms with Crippen molar-refractivity contribution in [3.05, 3.63) is 46.0 Å². The molecule has 0 spiro atoms. The maximum absolute atomic E-state index is 6.00. The SMILES string of the molecule is COc1ccc(Cl)cc1-c1noc(Cn2cc(Br)cn2)n1.